The van der Waals surface area contributed by atoms with Gasteiger partial charge in [0.2, 0.25) is 0 Å². The second kappa shape index (κ2) is 7.22. The summed E-state index contributed by atoms with van der Waals surface area (Å²) in [6.45, 7) is 3.15. The van der Waals surface area contributed by atoms with Gasteiger partial charge < -0.3 is 24.0 Å². The Bertz CT molecular complexity index is 460. The van der Waals surface area contributed by atoms with E-state index in [4.69, 9.17) is 0 Å². The zero-order chi connectivity index (χ0) is 11.2. The van der Waals surface area contributed by atoms with Crippen molar-refractivity contribution in [1.82, 2.24) is 0 Å². The summed E-state index contributed by atoms with van der Waals surface area (Å²) in [6.07, 6.45) is 8.47. The van der Waals surface area contributed by atoms with Crippen molar-refractivity contribution in [3.63, 3.8) is 0 Å². The van der Waals surface area contributed by atoms with Gasteiger partial charge in [-0.3, -0.25) is 0 Å². The van der Waals surface area contributed by atoms with E-state index in [2.05, 4.69) is 72.4 Å². The maximum absolute atomic E-state index is 2.15. The lowest BCUT2D eigenvalue weighted by atomic mass is 10.1. The first-order chi connectivity index (χ1) is 7.88. The van der Waals surface area contributed by atoms with Gasteiger partial charge in [-0.2, -0.15) is 0 Å². The van der Waals surface area contributed by atoms with Gasteiger partial charge >= 0.3 is 0 Å². The smallest absolute Gasteiger partial charge is 0.169 e. The number of aryl methyl sites for hydroxylation is 1. The van der Waals surface area contributed by atoms with E-state index >= 15 is 0 Å². The lowest BCUT2D eigenvalue weighted by molar-refractivity contribution is -0.693. The van der Waals surface area contributed by atoms with Gasteiger partial charge in [-0.25, -0.2) is 4.57 Å². The van der Waals surface area contributed by atoms with Gasteiger partial charge in [0.25, 0.3) is 0 Å². The van der Waals surface area contributed by atoms with E-state index in [9.17, 15) is 0 Å². The van der Waals surface area contributed by atoms with Crippen molar-refractivity contribution in [1.29, 1.82) is 0 Å². The molecule has 0 saturated carbocycles. The van der Waals surface area contributed by atoms with Gasteiger partial charge in [0, 0.05) is 12.1 Å². The Hall–Kier alpha value is -1.16. The van der Waals surface area contributed by atoms with E-state index in [0.717, 1.165) is 6.54 Å². The number of benzene rings is 1. The Morgan fingerprint density at radius 2 is 1.41 bits per heavy atom. The molecule has 2 heteroatoms. The third-order valence-corrected chi connectivity index (χ3v) is 2.55. The predicted molar refractivity (Wildman–Crippen MR) is 67.7 cm³/mol. The molecule has 0 aliphatic rings. The van der Waals surface area contributed by atoms with Crippen LogP contribution in [-0.2, 0) is 6.54 Å². The van der Waals surface area contributed by atoms with Crippen LogP contribution in [0.15, 0.2) is 54.9 Å². The summed E-state index contributed by atoms with van der Waals surface area (Å²) < 4.78 is 2.15. The average molecular weight is 337 g/mol. The minimum Gasteiger partial charge on any atom is -1.00 e. The molecule has 0 aliphatic heterocycles. The average Bonchev–Trinajstić information content (AvgIpc) is 2.38. The van der Waals surface area contributed by atoms with Crippen LogP contribution < -0.4 is 28.5 Å². The topological polar surface area (TPSA) is 3.88 Å². The molecule has 0 aliphatic carbocycles. The van der Waals surface area contributed by atoms with Crippen molar-refractivity contribution >= 4 is 12.2 Å². The zero-order valence-electron chi connectivity index (χ0n) is 9.88. The van der Waals surface area contributed by atoms with Gasteiger partial charge in [0.05, 0.1) is 0 Å². The van der Waals surface area contributed by atoms with Crippen molar-refractivity contribution in [3.8, 4) is 0 Å². The minimum atomic E-state index is 0. The molecular formula is C15H16IN. The quantitative estimate of drug-likeness (QED) is 0.555. The highest BCUT2D eigenvalue weighted by atomic mass is 127. The highest BCUT2D eigenvalue weighted by Gasteiger charge is 1.94. The van der Waals surface area contributed by atoms with Crippen molar-refractivity contribution < 1.29 is 28.5 Å². The number of halogens is 1. The fourth-order valence-electron chi connectivity index (χ4n) is 1.55. The Morgan fingerprint density at radius 3 is 1.94 bits per heavy atom. The van der Waals surface area contributed by atoms with Crippen molar-refractivity contribution in [2.24, 2.45) is 0 Å². The Balaban J connectivity index is 0.00000144. The lowest BCUT2D eigenvalue weighted by Crippen LogP contribution is -3.00. The summed E-state index contributed by atoms with van der Waals surface area (Å²) in [5, 5.41) is 0. The molecule has 2 rings (SSSR count). The molecule has 1 aromatic heterocycles. The predicted octanol–water partition coefficient (Wildman–Crippen LogP) is 0.168. The monoisotopic (exact) mass is 337 g/mol. The molecule has 1 aromatic carbocycles. The van der Waals surface area contributed by atoms with Gasteiger partial charge in [0.15, 0.2) is 12.4 Å². The van der Waals surface area contributed by atoms with Gasteiger partial charge in [-0.1, -0.05) is 42.5 Å². The first kappa shape index (κ1) is 13.9. The number of rotatable bonds is 3. The SMILES string of the molecule is CC[n+]1ccc(C=Cc2ccccc2)cc1.[I-]. The van der Waals surface area contributed by atoms with E-state index < -0.39 is 0 Å². The van der Waals surface area contributed by atoms with E-state index in [0.29, 0.717) is 0 Å². The molecule has 0 atom stereocenters. The largest absolute Gasteiger partial charge is 1.00 e. The molecule has 1 nitrogen and oxygen atoms in total. The second-order valence-corrected chi connectivity index (χ2v) is 3.71. The van der Waals surface area contributed by atoms with Crippen LogP contribution in [0.5, 0.6) is 0 Å². The number of hydrogen-bond acceptors (Lipinski definition) is 0. The Kier molecular flexibility index (Phi) is 5.91. The third-order valence-electron chi connectivity index (χ3n) is 2.55. The maximum atomic E-state index is 2.15. The van der Waals surface area contributed by atoms with Crippen LogP contribution in [-0.4, -0.2) is 0 Å². The van der Waals surface area contributed by atoms with Crippen LogP contribution in [0.1, 0.15) is 18.1 Å². The van der Waals surface area contributed by atoms with E-state index in [1.54, 1.807) is 0 Å². The number of nitrogens with zero attached hydrogens (tertiary/aromatic N) is 1. The Labute approximate surface area is 120 Å². The normalized spacial score (nSPS) is 10.2. The molecule has 0 unspecified atom stereocenters. The summed E-state index contributed by atoms with van der Waals surface area (Å²) in [7, 11) is 0. The van der Waals surface area contributed by atoms with Crippen LogP contribution in [0.3, 0.4) is 0 Å². The first-order valence-electron chi connectivity index (χ1n) is 5.61. The molecule has 2 aromatic rings. The second-order valence-electron chi connectivity index (χ2n) is 3.71. The molecule has 0 N–H and O–H groups in total. The van der Waals surface area contributed by atoms with Crippen molar-refractivity contribution in [2.75, 3.05) is 0 Å². The first-order valence-corrected chi connectivity index (χ1v) is 5.61. The van der Waals surface area contributed by atoms with Crippen molar-refractivity contribution in [2.45, 2.75) is 13.5 Å². The number of hydrogen-bond donors (Lipinski definition) is 0. The summed E-state index contributed by atoms with van der Waals surface area (Å²) in [5.74, 6) is 0. The molecule has 0 bridgehead atoms. The van der Waals surface area contributed by atoms with E-state index in [1.165, 1.54) is 11.1 Å². The van der Waals surface area contributed by atoms with E-state index in [1.807, 2.05) is 6.07 Å². The zero-order valence-corrected chi connectivity index (χ0v) is 12.0. The molecule has 0 saturated heterocycles. The molecule has 1 heterocycles. The molecule has 0 radical (unpaired) electrons. The van der Waals surface area contributed by atoms with Crippen LogP contribution in [0.4, 0.5) is 0 Å². The van der Waals surface area contributed by atoms with Gasteiger partial charge in [-0.15, -0.1) is 0 Å². The summed E-state index contributed by atoms with van der Waals surface area (Å²) in [5.41, 5.74) is 2.46. The van der Waals surface area contributed by atoms with Crippen molar-refractivity contribution in [3.05, 3.63) is 66.0 Å². The van der Waals surface area contributed by atoms with Gasteiger partial charge in [-0.05, 0) is 18.1 Å². The standard InChI is InChI=1S/C15H16N.HI/c1-2-16-12-10-15(11-13-16)9-8-14-6-4-3-5-7-14;/h3-13H,2H2,1H3;1H/q+1;/p-1. The van der Waals surface area contributed by atoms with Gasteiger partial charge in [0.1, 0.15) is 6.54 Å². The molecule has 0 fully saturated rings. The maximum Gasteiger partial charge on any atom is 0.169 e. The highest BCUT2D eigenvalue weighted by molar-refractivity contribution is 5.68. The summed E-state index contributed by atoms with van der Waals surface area (Å²) in [6, 6.07) is 14.6. The van der Waals surface area contributed by atoms with Crippen LogP contribution in [0.2, 0.25) is 0 Å². The molecular weight excluding hydrogens is 321 g/mol. The molecule has 0 spiro atoms. The van der Waals surface area contributed by atoms with Crippen LogP contribution in [0.25, 0.3) is 12.2 Å². The number of pyridine rings is 1. The number of aromatic nitrogens is 1. The summed E-state index contributed by atoms with van der Waals surface area (Å²) in [4.78, 5) is 0. The third kappa shape index (κ3) is 4.30. The Morgan fingerprint density at radius 1 is 0.882 bits per heavy atom. The fraction of sp³-hybridized carbons (Fsp3) is 0.133. The fourth-order valence-corrected chi connectivity index (χ4v) is 1.55. The van der Waals surface area contributed by atoms with Crippen LogP contribution in [0, 0.1) is 0 Å². The highest BCUT2D eigenvalue weighted by Crippen LogP contribution is 2.06. The van der Waals surface area contributed by atoms with E-state index in [-0.39, 0.29) is 24.0 Å². The van der Waals surface area contributed by atoms with Crippen LogP contribution >= 0.6 is 0 Å². The summed E-state index contributed by atoms with van der Waals surface area (Å²) >= 11 is 0. The minimum absolute atomic E-state index is 0. The molecule has 0 amide bonds. The molecule has 88 valence electrons. The molecule has 17 heavy (non-hydrogen) atoms. The lowest BCUT2D eigenvalue weighted by Gasteiger charge is -1.94.